The lowest BCUT2D eigenvalue weighted by Gasteiger charge is -2.25. The van der Waals surface area contributed by atoms with Crippen molar-refractivity contribution in [3.8, 4) is 5.69 Å². The van der Waals surface area contributed by atoms with E-state index in [0.717, 1.165) is 27.9 Å². The van der Waals surface area contributed by atoms with Gasteiger partial charge in [-0.25, -0.2) is 4.68 Å². The Labute approximate surface area is 208 Å². The van der Waals surface area contributed by atoms with Crippen molar-refractivity contribution in [3.63, 3.8) is 0 Å². The number of halogens is 1. The number of aryl methyl sites for hydroxylation is 2. The summed E-state index contributed by atoms with van der Waals surface area (Å²) in [6.07, 6.45) is 2.24. The molecule has 8 heteroatoms. The van der Waals surface area contributed by atoms with Crippen LogP contribution in [0, 0.1) is 20.8 Å². The molecular weight excluding hydrogens is 464 g/mol. The van der Waals surface area contributed by atoms with Gasteiger partial charge in [0.05, 0.1) is 34.2 Å². The van der Waals surface area contributed by atoms with Crippen molar-refractivity contribution in [2.45, 2.75) is 46.2 Å². The van der Waals surface area contributed by atoms with E-state index in [0.29, 0.717) is 29.1 Å². The third-order valence-electron chi connectivity index (χ3n) is 7.01. The van der Waals surface area contributed by atoms with E-state index in [1.54, 1.807) is 27.9 Å². The fourth-order valence-corrected chi connectivity index (χ4v) is 4.93. The van der Waals surface area contributed by atoms with Crippen LogP contribution in [0.3, 0.4) is 0 Å². The molecule has 2 amide bonds. The zero-order valence-corrected chi connectivity index (χ0v) is 20.9. The Balaban J connectivity index is 1.31. The van der Waals surface area contributed by atoms with Crippen LogP contribution >= 0.6 is 11.6 Å². The van der Waals surface area contributed by atoms with Crippen LogP contribution in [0.5, 0.6) is 0 Å². The fraction of sp³-hybridized carbons (Fsp3) is 0.296. The summed E-state index contributed by atoms with van der Waals surface area (Å²) in [6.45, 7) is 8.40. The Bertz CT molecular complexity index is 1420. The molecule has 1 saturated heterocycles. The van der Waals surface area contributed by atoms with E-state index in [-0.39, 0.29) is 29.7 Å². The Morgan fingerprint density at radius 1 is 1.11 bits per heavy atom. The number of likely N-dealkylation sites (tertiary alicyclic amines) is 1. The molecule has 1 aliphatic heterocycles. The summed E-state index contributed by atoms with van der Waals surface area (Å²) in [6, 6.07) is 12.8. The minimum absolute atomic E-state index is 0.111. The molecule has 35 heavy (non-hydrogen) atoms. The molecule has 7 nitrogen and oxygen atoms in total. The maximum absolute atomic E-state index is 13.4. The Morgan fingerprint density at radius 2 is 1.86 bits per heavy atom. The molecule has 0 aliphatic carbocycles. The smallest absolute Gasteiger partial charge is 0.287 e. The molecule has 0 bridgehead atoms. The quantitative estimate of drug-likeness (QED) is 0.424. The van der Waals surface area contributed by atoms with Gasteiger partial charge in [-0.3, -0.25) is 9.59 Å². The largest absolute Gasteiger partial charge is 0.451 e. The second kappa shape index (κ2) is 8.89. The van der Waals surface area contributed by atoms with Crippen LogP contribution in [0.4, 0.5) is 0 Å². The highest BCUT2D eigenvalue weighted by Crippen LogP contribution is 2.27. The SMILES string of the molecule is Cc1cc2cc(C(=O)N[C@@H]3CCN(C(=O)c4cnn(-c5ccccc5Cl)c4C)[C@@H]3C)oc2cc1C. The van der Waals surface area contributed by atoms with Crippen molar-refractivity contribution in [1.29, 1.82) is 0 Å². The van der Waals surface area contributed by atoms with Crippen molar-refractivity contribution in [2.75, 3.05) is 6.54 Å². The minimum atomic E-state index is -0.273. The Kier molecular flexibility index (Phi) is 5.89. The summed E-state index contributed by atoms with van der Waals surface area (Å²) in [7, 11) is 0. The third kappa shape index (κ3) is 4.10. The summed E-state index contributed by atoms with van der Waals surface area (Å²) in [5.41, 5.74) is 4.92. The number of carbonyl (C=O) groups excluding carboxylic acids is 2. The summed E-state index contributed by atoms with van der Waals surface area (Å²) in [5.74, 6) is -0.107. The normalized spacial score (nSPS) is 17.8. The highest BCUT2D eigenvalue weighted by Gasteiger charge is 2.36. The molecule has 0 unspecified atom stereocenters. The van der Waals surface area contributed by atoms with Crippen molar-refractivity contribution in [3.05, 3.63) is 81.8 Å². The van der Waals surface area contributed by atoms with Crippen LogP contribution in [0.2, 0.25) is 5.02 Å². The maximum atomic E-state index is 13.4. The van der Waals surface area contributed by atoms with E-state index in [2.05, 4.69) is 10.4 Å². The average Bonchev–Trinajstić information content (AvgIpc) is 3.51. The molecule has 3 heterocycles. The lowest BCUT2D eigenvalue weighted by molar-refractivity contribution is 0.0726. The van der Waals surface area contributed by atoms with Crippen molar-refractivity contribution in [2.24, 2.45) is 0 Å². The van der Waals surface area contributed by atoms with Gasteiger partial charge in [0.25, 0.3) is 11.8 Å². The van der Waals surface area contributed by atoms with Crippen molar-refractivity contribution >= 4 is 34.4 Å². The number of carbonyl (C=O) groups is 2. The number of aromatic nitrogens is 2. The van der Waals surface area contributed by atoms with Gasteiger partial charge in [-0.15, -0.1) is 0 Å². The number of furan rings is 1. The topological polar surface area (TPSA) is 80.4 Å². The van der Waals surface area contributed by atoms with Crippen molar-refractivity contribution < 1.29 is 14.0 Å². The molecule has 0 radical (unpaired) electrons. The number of hydrogen-bond acceptors (Lipinski definition) is 4. The number of rotatable bonds is 4. The van der Waals surface area contributed by atoms with Gasteiger partial charge in [-0.05, 0) is 75.6 Å². The van der Waals surface area contributed by atoms with Crippen LogP contribution in [0.15, 0.2) is 53.1 Å². The van der Waals surface area contributed by atoms with E-state index < -0.39 is 0 Å². The zero-order valence-electron chi connectivity index (χ0n) is 20.1. The molecule has 2 aromatic heterocycles. The summed E-state index contributed by atoms with van der Waals surface area (Å²) < 4.78 is 7.49. The monoisotopic (exact) mass is 490 g/mol. The van der Waals surface area contributed by atoms with Crippen LogP contribution < -0.4 is 5.32 Å². The molecule has 5 rings (SSSR count). The molecule has 2 aromatic carbocycles. The summed E-state index contributed by atoms with van der Waals surface area (Å²) >= 11 is 6.33. The number of hydrogen-bond donors (Lipinski definition) is 1. The predicted molar refractivity (Wildman–Crippen MR) is 135 cm³/mol. The Morgan fingerprint density at radius 3 is 2.63 bits per heavy atom. The lowest BCUT2D eigenvalue weighted by atomic mass is 10.1. The first-order chi connectivity index (χ1) is 16.7. The van der Waals surface area contributed by atoms with E-state index in [9.17, 15) is 9.59 Å². The first kappa shape index (κ1) is 23.2. The number of amides is 2. The number of fused-ring (bicyclic) bond motifs is 1. The van der Waals surface area contributed by atoms with Gasteiger partial charge >= 0.3 is 0 Å². The van der Waals surface area contributed by atoms with Crippen LogP contribution in [0.1, 0.15) is 51.1 Å². The summed E-state index contributed by atoms with van der Waals surface area (Å²) in [5, 5.41) is 8.93. The number of para-hydroxylation sites is 1. The van der Waals surface area contributed by atoms with Gasteiger partial charge in [0.2, 0.25) is 0 Å². The molecule has 4 aromatic rings. The first-order valence-electron chi connectivity index (χ1n) is 11.7. The third-order valence-corrected chi connectivity index (χ3v) is 7.33. The molecule has 180 valence electrons. The highest BCUT2D eigenvalue weighted by molar-refractivity contribution is 6.32. The molecule has 0 spiro atoms. The number of nitrogens with zero attached hydrogens (tertiary/aromatic N) is 3. The number of benzene rings is 2. The standard InChI is InChI=1S/C27H27ClN4O3/c1-15-11-19-13-25(35-24(19)12-16(15)2)26(33)30-22-9-10-31(18(22)4)27(34)20-14-29-32(17(20)3)23-8-6-5-7-21(23)28/h5-8,11-14,18,22H,9-10H2,1-4H3,(H,30,33)/t18-,22-/m1/s1. The molecule has 0 saturated carbocycles. The lowest BCUT2D eigenvalue weighted by Crippen LogP contribution is -2.45. The van der Waals surface area contributed by atoms with E-state index in [4.69, 9.17) is 16.0 Å². The highest BCUT2D eigenvalue weighted by atomic mass is 35.5. The van der Waals surface area contributed by atoms with Gasteiger partial charge in [-0.1, -0.05) is 23.7 Å². The molecular formula is C27H27ClN4O3. The van der Waals surface area contributed by atoms with Crippen molar-refractivity contribution in [1.82, 2.24) is 20.0 Å². The van der Waals surface area contributed by atoms with Gasteiger partial charge in [-0.2, -0.15) is 5.10 Å². The molecule has 1 aliphatic rings. The molecule has 1 fully saturated rings. The van der Waals surface area contributed by atoms with Crippen LogP contribution in [-0.2, 0) is 0 Å². The predicted octanol–water partition coefficient (Wildman–Crippen LogP) is 5.23. The van der Waals surface area contributed by atoms with Gasteiger partial charge in [0.15, 0.2) is 5.76 Å². The second-order valence-electron chi connectivity index (χ2n) is 9.20. The second-order valence-corrected chi connectivity index (χ2v) is 9.61. The van der Waals surface area contributed by atoms with E-state index >= 15 is 0 Å². The van der Waals surface area contributed by atoms with Crippen LogP contribution in [-0.4, -0.2) is 45.1 Å². The molecule has 1 N–H and O–H groups in total. The zero-order chi connectivity index (χ0) is 24.9. The van der Waals surface area contributed by atoms with Gasteiger partial charge in [0, 0.05) is 18.0 Å². The van der Waals surface area contributed by atoms with Crippen LogP contribution in [0.25, 0.3) is 16.7 Å². The average molecular weight is 491 g/mol. The number of nitrogens with one attached hydrogen (secondary N) is 1. The Hall–Kier alpha value is -3.58. The maximum Gasteiger partial charge on any atom is 0.287 e. The fourth-order valence-electron chi connectivity index (χ4n) is 4.71. The molecule has 2 atom stereocenters. The van der Waals surface area contributed by atoms with E-state index in [1.807, 2.05) is 58.0 Å². The van der Waals surface area contributed by atoms with Gasteiger partial charge in [0.1, 0.15) is 5.58 Å². The minimum Gasteiger partial charge on any atom is -0.451 e. The first-order valence-corrected chi connectivity index (χ1v) is 12.0. The summed E-state index contributed by atoms with van der Waals surface area (Å²) in [4.78, 5) is 28.1. The van der Waals surface area contributed by atoms with Gasteiger partial charge < -0.3 is 14.6 Å². The van der Waals surface area contributed by atoms with E-state index in [1.165, 1.54) is 0 Å².